The largest absolute Gasteiger partial charge is 0.354 e. The lowest BCUT2D eigenvalue weighted by molar-refractivity contribution is -0.126. The molecule has 2 aromatic heterocycles. The molecule has 1 fully saturated rings. The molecule has 0 radical (unpaired) electrons. The third-order valence-corrected chi connectivity index (χ3v) is 6.75. The van der Waals surface area contributed by atoms with Crippen molar-refractivity contribution in [3.63, 3.8) is 0 Å². The van der Waals surface area contributed by atoms with Crippen molar-refractivity contribution in [1.82, 2.24) is 19.4 Å². The first-order chi connectivity index (χ1) is 12.8. The van der Waals surface area contributed by atoms with E-state index in [2.05, 4.69) is 10.4 Å². The number of carbonyl (C=O) groups is 1. The maximum atomic E-state index is 12.3. The lowest BCUT2D eigenvalue weighted by atomic mass is 9.97. The second kappa shape index (κ2) is 8.32. The highest BCUT2D eigenvalue weighted by Gasteiger charge is 2.28. The summed E-state index contributed by atoms with van der Waals surface area (Å²) in [7, 11) is -3.20. The molecular weight excluding hydrogens is 388 g/mol. The summed E-state index contributed by atoms with van der Waals surface area (Å²) in [4.78, 5) is 25.3. The average Bonchev–Trinajstić information content (AvgIpc) is 3.17. The average molecular weight is 411 g/mol. The minimum Gasteiger partial charge on any atom is -0.354 e. The van der Waals surface area contributed by atoms with Crippen molar-refractivity contribution in [2.24, 2.45) is 5.92 Å². The molecule has 0 aromatic carbocycles. The second-order valence-electron chi connectivity index (χ2n) is 6.48. The molecule has 8 nitrogen and oxygen atoms in total. The highest BCUT2D eigenvalue weighted by molar-refractivity contribution is 7.88. The van der Waals surface area contributed by atoms with Crippen LogP contribution in [0.2, 0.25) is 0 Å². The molecule has 1 saturated heterocycles. The van der Waals surface area contributed by atoms with Crippen LogP contribution in [0, 0.1) is 5.92 Å². The molecular formula is C17H22N4O4S2. The van der Waals surface area contributed by atoms with Crippen molar-refractivity contribution in [2.75, 3.05) is 25.9 Å². The lowest BCUT2D eigenvalue weighted by Gasteiger charge is -2.29. The van der Waals surface area contributed by atoms with Crippen molar-refractivity contribution in [1.29, 1.82) is 0 Å². The van der Waals surface area contributed by atoms with Gasteiger partial charge in [-0.25, -0.2) is 17.4 Å². The quantitative estimate of drug-likeness (QED) is 0.758. The van der Waals surface area contributed by atoms with Gasteiger partial charge in [0.2, 0.25) is 15.9 Å². The number of aromatic nitrogens is 2. The zero-order valence-electron chi connectivity index (χ0n) is 15.0. The monoisotopic (exact) mass is 410 g/mol. The Morgan fingerprint density at radius 1 is 1.30 bits per heavy atom. The smallest absolute Gasteiger partial charge is 0.266 e. The van der Waals surface area contributed by atoms with Gasteiger partial charge in [0.25, 0.3) is 5.56 Å². The SMILES string of the molecule is CS(=O)(=O)N1CCC(C(=O)NCCn2nc(-c3cccs3)ccc2=O)CC1. The first-order valence-electron chi connectivity index (χ1n) is 8.69. The van der Waals surface area contributed by atoms with E-state index in [1.165, 1.54) is 21.3 Å². The number of nitrogens with zero attached hydrogens (tertiary/aromatic N) is 3. The molecule has 0 aliphatic carbocycles. The molecule has 0 spiro atoms. The molecule has 2 aromatic rings. The first-order valence-corrected chi connectivity index (χ1v) is 11.4. The van der Waals surface area contributed by atoms with E-state index < -0.39 is 10.0 Å². The number of rotatable bonds is 6. The highest BCUT2D eigenvalue weighted by atomic mass is 32.2. The van der Waals surface area contributed by atoms with E-state index in [4.69, 9.17) is 0 Å². The molecule has 3 heterocycles. The van der Waals surface area contributed by atoms with Gasteiger partial charge >= 0.3 is 0 Å². The van der Waals surface area contributed by atoms with Gasteiger partial charge < -0.3 is 5.32 Å². The Labute approximate surface area is 161 Å². The fourth-order valence-corrected chi connectivity index (χ4v) is 4.61. The van der Waals surface area contributed by atoms with Crippen molar-refractivity contribution in [3.05, 3.63) is 40.0 Å². The molecule has 1 aliphatic heterocycles. The number of thiophene rings is 1. The number of hydrogen-bond donors (Lipinski definition) is 1. The van der Waals surface area contributed by atoms with Crippen LogP contribution in [0.25, 0.3) is 10.6 Å². The number of amides is 1. The summed E-state index contributed by atoms with van der Waals surface area (Å²) >= 11 is 1.55. The Kier molecular flexibility index (Phi) is 6.08. The van der Waals surface area contributed by atoms with E-state index in [0.29, 0.717) is 32.5 Å². The van der Waals surface area contributed by atoms with Crippen LogP contribution in [-0.4, -0.2) is 54.3 Å². The van der Waals surface area contributed by atoms with Gasteiger partial charge in [-0.1, -0.05) is 6.07 Å². The topological polar surface area (TPSA) is 101 Å². The summed E-state index contributed by atoms with van der Waals surface area (Å²) in [6, 6.07) is 7.03. The fraction of sp³-hybridized carbons (Fsp3) is 0.471. The molecule has 3 rings (SSSR count). The lowest BCUT2D eigenvalue weighted by Crippen LogP contribution is -2.43. The second-order valence-corrected chi connectivity index (χ2v) is 9.41. The van der Waals surface area contributed by atoms with Gasteiger partial charge in [-0.2, -0.15) is 5.10 Å². The minimum atomic E-state index is -3.20. The van der Waals surface area contributed by atoms with E-state index in [-0.39, 0.29) is 23.9 Å². The third-order valence-electron chi connectivity index (χ3n) is 4.56. The molecule has 0 atom stereocenters. The number of nitrogens with one attached hydrogen (secondary N) is 1. The van der Waals surface area contributed by atoms with Crippen LogP contribution < -0.4 is 10.9 Å². The van der Waals surface area contributed by atoms with E-state index in [9.17, 15) is 18.0 Å². The standard InChI is InChI=1S/C17H22N4O4S2/c1-27(24,25)20-9-6-13(7-10-20)17(23)18-8-11-21-16(22)5-4-14(19-21)15-3-2-12-26-15/h2-5,12-13H,6-11H2,1H3,(H,18,23). The number of carbonyl (C=O) groups excluding carboxylic acids is 1. The van der Waals surface area contributed by atoms with Crippen molar-refractivity contribution < 1.29 is 13.2 Å². The molecule has 146 valence electrons. The summed E-state index contributed by atoms with van der Waals surface area (Å²) in [6.45, 7) is 1.31. The summed E-state index contributed by atoms with van der Waals surface area (Å²) in [5.41, 5.74) is 0.509. The molecule has 1 aliphatic rings. The molecule has 0 bridgehead atoms. The Balaban J connectivity index is 1.52. The van der Waals surface area contributed by atoms with Crippen LogP contribution in [0.1, 0.15) is 12.8 Å². The molecule has 1 amide bonds. The molecule has 0 unspecified atom stereocenters. The van der Waals surface area contributed by atoms with Crippen LogP contribution in [0.4, 0.5) is 0 Å². The van der Waals surface area contributed by atoms with Crippen LogP contribution >= 0.6 is 11.3 Å². The highest BCUT2D eigenvalue weighted by Crippen LogP contribution is 2.21. The Hall–Kier alpha value is -2.04. The molecule has 10 heteroatoms. The van der Waals surface area contributed by atoms with Crippen molar-refractivity contribution in [3.8, 4) is 10.6 Å². The fourth-order valence-electron chi connectivity index (χ4n) is 3.04. The normalized spacial score (nSPS) is 16.3. The van der Waals surface area contributed by atoms with Crippen LogP contribution in [0.5, 0.6) is 0 Å². The van der Waals surface area contributed by atoms with Gasteiger partial charge in [0.05, 0.1) is 17.7 Å². The van der Waals surface area contributed by atoms with E-state index in [0.717, 1.165) is 10.6 Å². The van der Waals surface area contributed by atoms with Gasteiger partial charge in [0, 0.05) is 31.6 Å². The van der Waals surface area contributed by atoms with Crippen molar-refractivity contribution in [2.45, 2.75) is 19.4 Å². The van der Waals surface area contributed by atoms with Gasteiger partial charge in [-0.3, -0.25) is 9.59 Å². The van der Waals surface area contributed by atoms with Crippen molar-refractivity contribution >= 4 is 27.3 Å². The predicted octanol–water partition coefficient (Wildman–Crippen LogP) is 0.760. The van der Waals surface area contributed by atoms with E-state index in [1.54, 1.807) is 17.4 Å². The van der Waals surface area contributed by atoms with Crippen LogP contribution in [0.15, 0.2) is 34.4 Å². The Morgan fingerprint density at radius 2 is 2.04 bits per heavy atom. The van der Waals surface area contributed by atoms with Crippen LogP contribution in [-0.2, 0) is 21.4 Å². The molecule has 27 heavy (non-hydrogen) atoms. The molecule has 1 N–H and O–H groups in total. The minimum absolute atomic E-state index is 0.106. The van der Waals surface area contributed by atoms with E-state index >= 15 is 0 Å². The maximum Gasteiger partial charge on any atom is 0.266 e. The number of piperidine rings is 1. The third kappa shape index (κ3) is 5.02. The number of sulfonamides is 1. The van der Waals surface area contributed by atoms with Crippen LogP contribution in [0.3, 0.4) is 0 Å². The zero-order chi connectivity index (χ0) is 19.4. The van der Waals surface area contributed by atoms with Gasteiger partial charge in [0.15, 0.2) is 0 Å². The molecule has 0 saturated carbocycles. The zero-order valence-corrected chi connectivity index (χ0v) is 16.6. The maximum absolute atomic E-state index is 12.3. The van der Waals surface area contributed by atoms with Gasteiger partial charge in [-0.15, -0.1) is 11.3 Å². The Bertz CT molecular complexity index is 946. The summed E-state index contributed by atoms with van der Waals surface area (Å²) < 4.78 is 25.8. The van der Waals surface area contributed by atoms with E-state index in [1.807, 2.05) is 17.5 Å². The summed E-state index contributed by atoms with van der Waals surface area (Å²) in [5.74, 6) is -0.309. The Morgan fingerprint density at radius 3 is 2.67 bits per heavy atom. The first kappa shape index (κ1) is 19.7. The van der Waals surface area contributed by atoms with Gasteiger partial charge in [-0.05, 0) is 30.4 Å². The predicted molar refractivity (Wildman–Crippen MR) is 104 cm³/mol. The summed E-state index contributed by atoms with van der Waals surface area (Å²) in [6.07, 6.45) is 2.19. The summed E-state index contributed by atoms with van der Waals surface area (Å²) in [5, 5.41) is 9.13. The van der Waals surface area contributed by atoms with Gasteiger partial charge in [0.1, 0.15) is 5.69 Å². The number of hydrogen-bond acceptors (Lipinski definition) is 6.